The van der Waals surface area contributed by atoms with E-state index in [0.717, 1.165) is 21.0 Å². The summed E-state index contributed by atoms with van der Waals surface area (Å²) in [6.45, 7) is 1.91. The van der Waals surface area contributed by atoms with Gasteiger partial charge in [-0.15, -0.1) is 0 Å². The van der Waals surface area contributed by atoms with Gasteiger partial charge in [-0.3, -0.25) is 4.79 Å². The van der Waals surface area contributed by atoms with Crippen LogP contribution in [0.4, 0.5) is 0 Å². The summed E-state index contributed by atoms with van der Waals surface area (Å²) in [4.78, 5) is 18.2. The number of aromatic nitrogens is 1. The SMILES string of the molecule is COCCN(CCOC)S(=O)(=O)c1ccc(C(=O)N=c2sc3c4ccccc4ccc3n2CCOC)cc1. The smallest absolute Gasteiger partial charge is 0.279 e. The Morgan fingerprint density at radius 2 is 1.55 bits per heavy atom. The lowest BCUT2D eigenvalue weighted by atomic mass is 10.1. The molecule has 4 rings (SSSR count). The topological polar surface area (TPSA) is 99.4 Å². The van der Waals surface area contributed by atoms with E-state index in [1.807, 2.05) is 22.8 Å². The molecule has 1 heterocycles. The van der Waals surface area contributed by atoms with Crippen LogP contribution in [-0.2, 0) is 30.8 Å². The highest BCUT2D eigenvalue weighted by molar-refractivity contribution is 7.89. The van der Waals surface area contributed by atoms with Crippen molar-refractivity contribution in [2.75, 3.05) is 54.2 Å². The Labute approximate surface area is 225 Å². The number of hydrogen-bond donors (Lipinski definition) is 0. The molecular formula is C27H31N3O6S2. The maximum Gasteiger partial charge on any atom is 0.279 e. The molecular weight excluding hydrogens is 526 g/mol. The van der Waals surface area contributed by atoms with Gasteiger partial charge < -0.3 is 18.8 Å². The second-order valence-corrected chi connectivity index (χ2v) is 11.4. The summed E-state index contributed by atoms with van der Waals surface area (Å²) in [5.74, 6) is -0.452. The van der Waals surface area contributed by atoms with Gasteiger partial charge in [-0.1, -0.05) is 41.7 Å². The number of sulfonamides is 1. The maximum absolute atomic E-state index is 13.2. The molecule has 9 nitrogen and oxygen atoms in total. The Bertz CT molecular complexity index is 1570. The number of benzene rings is 3. The molecule has 0 radical (unpaired) electrons. The zero-order chi connectivity index (χ0) is 27.1. The maximum atomic E-state index is 13.2. The number of rotatable bonds is 12. The summed E-state index contributed by atoms with van der Waals surface area (Å²) < 4.78 is 46.1. The third-order valence-corrected chi connectivity index (χ3v) is 9.16. The fourth-order valence-electron chi connectivity index (χ4n) is 4.09. The van der Waals surface area contributed by atoms with Crippen molar-refractivity contribution in [1.29, 1.82) is 0 Å². The number of hydrogen-bond acceptors (Lipinski definition) is 7. The first-order chi connectivity index (χ1) is 18.4. The van der Waals surface area contributed by atoms with E-state index in [4.69, 9.17) is 14.2 Å². The van der Waals surface area contributed by atoms with Crippen LogP contribution in [-0.4, -0.2) is 77.4 Å². The summed E-state index contributed by atoms with van der Waals surface area (Å²) in [7, 11) is 0.880. The Balaban J connectivity index is 1.68. The molecule has 11 heteroatoms. The van der Waals surface area contributed by atoms with Gasteiger partial charge in [0.2, 0.25) is 10.0 Å². The van der Waals surface area contributed by atoms with Crippen LogP contribution < -0.4 is 4.80 Å². The minimum absolute atomic E-state index is 0.0877. The molecule has 1 aromatic heterocycles. The predicted octanol–water partition coefficient (Wildman–Crippen LogP) is 3.53. The molecule has 0 aliphatic rings. The molecule has 0 N–H and O–H groups in total. The van der Waals surface area contributed by atoms with E-state index in [2.05, 4.69) is 23.2 Å². The molecule has 3 aromatic carbocycles. The van der Waals surface area contributed by atoms with Crippen LogP contribution in [0.2, 0.25) is 0 Å². The highest BCUT2D eigenvalue weighted by Gasteiger charge is 2.24. The molecule has 202 valence electrons. The number of ether oxygens (including phenoxy) is 3. The monoisotopic (exact) mass is 557 g/mol. The minimum atomic E-state index is -3.79. The van der Waals surface area contributed by atoms with Gasteiger partial charge in [-0.25, -0.2) is 8.42 Å². The van der Waals surface area contributed by atoms with Crippen LogP contribution in [0.15, 0.2) is 70.6 Å². The fraction of sp³-hybridized carbons (Fsp3) is 0.333. The number of nitrogens with zero attached hydrogens (tertiary/aromatic N) is 3. The Morgan fingerprint density at radius 1 is 0.895 bits per heavy atom. The first kappa shape index (κ1) is 28.1. The second-order valence-electron chi connectivity index (χ2n) is 8.50. The lowest BCUT2D eigenvalue weighted by molar-refractivity contribution is 0.0997. The highest BCUT2D eigenvalue weighted by atomic mass is 32.2. The van der Waals surface area contributed by atoms with Crippen LogP contribution in [0.1, 0.15) is 10.4 Å². The number of amides is 1. The number of fused-ring (bicyclic) bond motifs is 3. The molecule has 1 amide bonds. The molecule has 0 saturated carbocycles. The van der Waals surface area contributed by atoms with Crippen LogP contribution in [0.5, 0.6) is 0 Å². The molecule has 0 spiro atoms. The minimum Gasteiger partial charge on any atom is -0.383 e. The molecule has 0 aliphatic heterocycles. The highest BCUT2D eigenvalue weighted by Crippen LogP contribution is 2.27. The Kier molecular flexibility index (Phi) is 9.42. The molecule has 0 aliphatic carbocycles. The van der Waals surface area contributed by atoms with E-state index in [1.165, 1.54) is 54.1 Å². The molecule has 0 unspecified atom stereocenters. The number of carbonyl (C=O) groups is 1. The first-order valence-electron chi connectivity index (χ1n) is 12.1. The van der Waals surface area contributed by atoms with Gasteiger partial charge in [0, 0.05) is 51.9 Å². The third-order valence-electron chi connectivity index (χ3n) is 6.12. The second kappa shape index (κ2) is 12.7. The Hall–Kier alpha value is -2.93. The van der Waals surface area contributed by atoms with Gasteiger partial charge in [0.1, 0.15) is 0 Å². The fourth-order valence-corrected chi connectivity index (χ4v) is 6.69. The van der Waals surface area contributed by atoms with E-state index in [-0.39, 0.29) is 31.2 Å². The van der Waals surface area contributed by atoms with Gasteiger partial charge in [0.25, 0.3) is 5.91 Å². The van der Waals surface area contributed by atoms with Crippen molar-refractivity contribution in [2.24, 2.45) is 4.99 Å². The standard InChI is InChI=1S/C27H31N3O6S2/c1-34-17-14-29(15-18-35-2)38(32,33)22-11-8-21(9-12-22)26(31)28-27-30(16-19-36-3)24-13-10-20-6-4-5-7-23(20)25(24)37-27/h4-13H,14-19H2,1-3H3. The van der Waals surface area contributed by atoms with Gasteiger partial charge in [-0.2, -0.15) is 9.30 Å². The van der Waals surface area contributed by atoms with E-state index < -0.39 is 15.9 Å². The van der Waals surface area contributed by atoms with E-state index in [9.17, 15) is 13.2 Å². The number of carbonyl (C=O) groups excluding carboxylic acids is 1. The van der Waals surface area contributed by atoms with Crippen molar-refractivity contribution in [3.63, 3.8) is 0 Å². The van der Waals surface area contributed by atoms with Crippen molar-refractivity contribution in [1.82, 2.24) is 8.87 Å². The quantitative estimate of drug-likeness (QED) is 0.264. The zero-order valence-electron chi connectivity index (χ0n) is 21.6. The molecule has 38 heavy (non-hydrogen) atoms. The summed E-state index contributed by atoms with van der Waals surface area (Å²) >= 11 is 1.45. The largest absolute Gasteiger partial charge is 0.383 e. The summed E-state index contributed by atoms with van der Waals surface area (Å²) in [6.07, 6.45) is 0. The molecule has 0 atom stereocenters. The third kappa shape index (κ3) is 6.04. The molecule has 4 aromatic rings. The number of thiazole rings is 1. The van der Waals surface area contributed by atoms with Crippen LogP contribution in [0, 0.1) is 0 Å². The van der Waals surface area contributed by atoms with Gasteiger partial charge in [0.15, 0.2) is 4.80 Å². The zero-order valence-corrected chi connectivity index (χ0v) is 23.3. The van der Waals surface area contributed by atoms with Crippen molar-refractivity contribution in [2.45, 2.75) is 11.4 Å². The summed E-state index contributed by atoms with van der Waals surface area (Å²) in [5.41, 5.74) is 1.27. The van der Waals surface area contributed by atoms with Crippen molar-refractivity contribution < 1.29 is 27.4 Å². The van der Waals surface area contributed by atoms with Crippen molar-refractivity contribution in [3.05, 3.63) is 71.0 Å². The predicted molar refractivity (Wildman–Crippen MR) is 148 cm³/mol. The van der Waals surface area contributed by atoms with E-state index in [1.54, 1.807) is 7.11 Å². The average molecular weight is 558 g/mol. The van der Waals surface area contributed by atoms with Gasteiger partial charge in [0.05, 0.1) is 34.9 Å². The van der Waals surface area contributed by atoms with Crippen molar-refractivity contribution >= 4 is 48.3 Å². The van der Waals surface area contributed by atoms with Crippen LogP contribution >= 0.6 is 11.3 Å². The average Bonchev–Trinajstić information content (AvgIpc) is 3.29. The van der Waals surface area contributed by atoms with Crippen molar-refractivity contribution in [3.8, 4) is 0 Å². The lowest BCUT2D eigenvalue weighted by Gasteiger charge is -2.21. The number of methoxy groups -OCH3 is 3. The summed E-state index contributed by atoms with van der Waals surface area (Å²) in [5, 5.41) is 2.20. The molecule has 0 saturated heterocycles. The first-order valence-corrected chi connectivity index (χ1v) is 14.3. The van der Waals surface area contributed by atoms with E-state index in [0.29, 0.717) is 23.5 Å². The normalized spacial score (nSPS) is 12.7. The van der Waals surface area contributed by atoms with Gasteiger partial charge in [-0.05, 0) is 35.7 Å². The van der Waals surface area contributed by atoms with Crippen LogP contribution in [0.3, 0.4) is 0 Å². The lowest BCUT2D eigenvalue weighted by Crippen LogP contribution is -2.36. The summed E-state index contributed by atoms with van der Waals surface area (Å²) in [6, 6.07) is 18.0. The van der Waals surface area contributed by atoms with Gasteiger partial charge >= 0.3 is 0 Å². The van der Waals surface area contributed by atoms with E-state index >= 15 is 0 Å². The Morgan fingerprint density at radius 3 is 2.21 bits per heavy atom. The molecule has 0 bridgehead atoms. The van der Waals surface area contributed by atoms with Crippen LogP contribution in [0.25, 0.3) is 21.0 Å². The molecule has 0 fully saturated rings.